The van der Waals surface area contributed by atoms with Crippen molar-refractivity contribution in [2.24, 2.45) is 0 Å². The Morgan fingerprint density at radius 3 is 2.44 bits per heavy atom. The van der Waals surface area contributed by atoms with E-state index in [9.17, 15) is 0 Å². The molecule has 0 saturated carbocycles. The van der Waals surface area contributed by atoms with E-state index in [0.29, 0.717) is 5.92 Å². The first kappa shape index (κ1) is 16.1. The summed E-state index contributed by atoms with van der Waals surface area (Å²) in [7, 11) is 0. The highest BCUT2D eigenvalue weighted by atomic mass is 15.1. The van der Waals surface area contributed by atoms with E-state index in [1.165, 1.54) is 29.5 Å². The summed E-state index contributed by atoms with van der Waals surface area (Å²) in [4.78, 5) is 6.61. The number of hydrogen-bond donors (Lipinski definition) is 1. The summed E-state index contributed by atoms with van der Waals surface area (Å²) >= 11 is 0. The minimum atomic E-state index is 0.674. The second-order valence-electron chi connectivity index (χ2n) is 7.21. The molecule has 27 heavy (non-hydrogen) atoms. The molecule has 2 aromatic heterocycles. The number of pyridine rings is 1. The van der Waals surface area contributed by atoms with Crippen molar-refractivity contribution in [3.8, 4) is 11.3 Å². The number of benzene rings is 2. The number of nitrogens with one attached hydrogen (secondary N) is 1. The number of fused-ring (bicyclic) bond motifs is 1. The Labute approximate surface area is 158 Å². The van der Waals surface area contributed by atoms with Gasteiger partial charge >= 0.3 is 0 Å². The number of aromatic amines is 1. The lowest BCUT2D eigenvalue weighted by Gasteiger charge is -2.34. The van der Waals surface area contributed by atoms with E-state index in [1.807, 2.05) is 24.5 Å². The monoisotopic (exact) mass is 354 g/mol. The summed E-state index contributed by atoms with van der Waals surface area (Å²) in [5.41, 5.74) is 5.92. The van der Waals surface area contributed by atoms with E-state index in [-0.39, 0.29) is 0 Å². The highest BCUT2D eigenvalue weighted by molar-refractivity contribution is 5.94. The van der Waals surface area contributed by atoms with Crippen LogP contribution in [0.5, 0.6) is 0 Å². The molecule has 1 aliphatic heterocycles. The topological polar surface area (TPSA) is 44.8 Å². The maximum atomic E-state index is 4.53. The fourth-order valence-electron chi connectivity index (χ4n) is 4.12. The zero-order chi connectivity index (χ0) is 18.1. The van der Waals surface area contributed by atoms with E-state index in [4.69, 9.17) is 0 Å². The van der Waals surface area contributed by atoms with Crippen LogP contribution < -0.4 is 4.90 Å². The number of H-pyrrole nitrogens is 1. The van der Waals surface area contributed by atoms with E-state index in [2.05, 4.69) is 68.6 Å². The summed E-state index contributed by atoms with van der Waals surface area (Å²) < 4.78 is 0. The fourth-order valence-corrected chi connectivity index (χ4v) is 4.12. The van der Waals surface area contributed by atoms with Gasteiger partial charge in [0.15, 0.2) is 0 Å². The quantitative estimate of drug-likeness (QED) is 0.562. The maximum Gasteiger partial charge on any atom is 0.100 e. The Morgan fingerprint density at radius 2 is 1.67 bits per heavy atom. The largest absolute Gasteiger partial charge is 0.371 e. The molecule has 0 spiro atoms. The van der Waals surface area contributed by atoms with Gasteiger partial charge in [-0.05, 0) is 54.7 Å². The van der Waals surface area contributed by atoms with Gasteiger partial charge in [-0.15, -0.1) is 0 Å². The van der Waals surface area contributed by atoms with Crippen LogP contribution in [-0.2, 0) is 0 Å². The third-order valence-corrected chi connectivity index (χ3v) is 5.63. The molecular weight excluding hydrogens is 332 g/mol. The standard InChI is InChI=1S/C23H22N4/c1-2-4-17(5-3-1)18-10-14-27(15-11-18)20-6-7-22-21(16-20)23(26-25-22)19-8-12-24-13-9-19/h1-9,12-13,16,18H,10-11,14-15H2,(H,25,26). The molecule has 0 aliphatic carbocycles. The van der Waals surface area contributed by atoms with Crippen LogP contribution in [0, 0.1) is 0 Å². The highest BCUT2D eigenvalue weighted by Gasteiger charge is 2.21. The Bertz CT molecular complexity index is 1030. The Morgan fingerprint density at radius 1 is 0.889 bits per heavy atom. The van der Waals surface area contributed by atoms with Gasteiger partial charge in [0.05, 0.1) is 5.52 Å². The molecule has 0 amide bonds. The first-order valence-corrected chi connectivity index (χ1v) is 9.57. The molecule has 5 rings (SSSR count). The van der Waals surface area contributed by atoms with Crippen LogP contribution in [0.1, 0.15) is 24.3 Å². The minimum Gasteiger partial charge on any atom is -0.371 e. The maximum absolute atomic E-state index is 4.53. The van der Waals surface area contributed by atoms with Gasteiger partial charge in [-0.3, -0.25) is 10.1 Å². The molecule has 4 heteroatoms. The molecule has 3 heterocycles. The van der Waals surface area contributed by atoms with Crippen molar-refractivity contribution in [2.45, 2.75) is 18.8 Å². The molecule has 0 unspecified atom stereocenters. The predicted molar refractivity (Wildman–Crippen MR) is 110 cm³/mol. The van der Waals surface area contributed by atoms with Gasteiger partial charge in [-0.1, -0.05) is 30.3 Å². The SMILES string of the molecule is c1ccc(C2CCN(c3ccc4[nH]nc(-c5ccncc5)c4c3)CC2)cc1. The van der Waals surface area contributed by atoms with Crippen molar-refractivity contribution in [3.63, 3.8) is 0 Å². The van der Waals surface area contributed by atoms with Gasteiger partial charge in [0, 0.05) is 42.1 Å². The van der Waals surface area contributed by atoms with E-state index < -0.39 is 0 Å². The molecule has 1 aliphatic rings. The summed E-state index contributed by atoms with van der Waals surface area (Å²) in [5.74, 6) is 0.674. The van der Waals surface area contributed by atoms with E-state index in [1.54, 1.807) is 0 Å². The molecule has 134 valence electrons. The van der Waals surface area contributed by atoms with Gasteiger partial charge in [-0.2, -0.15) is 5.10 Å². The Kier molecular flexibility index (Phi) is 4.09. The Hall–Kier alpha value is -3.14. The van der Waals surface area contributed by atoms with E-state index in [0.717, 1.165) is 29.9 Å². The van der Waals surface area contributed by atoms with Crippen LogP contribution in [0.15, 0.2) is 73.1 Å². The summed E-state index contributed by atoms with van der Waals surface area (Å²) in [6.07, 6.45) is 6.03. The van der Waals surface area contributed by atoms with Gasteiger partial charge in [0.1, 0.15) is 5.69 Å². The zero-order valence-corrected chi connectivity index (χ0v) is 15.2. The molecule has 4 aromatic rings. The number of aromatic nitrogens is 3. The number of hydrogen-bond acceptors (Lipinski definition) is 3. The first-order chi connectivity index (χ1) is 13.4. The van der Waals surface area contributed by atoms with Crippen molar-refractivity contribution >= 4 is 16.6 Å². The number of piperidine rings is 1. The number of anilines is 1. The molecule has 0 bridgehead atoms. The average molecular weight is 354 g/mol. The Balaban J connectivity index is 1.40. The van der Waals surface area contributed by atoms with Crippen LogP contribution in [-0.4, -0.2) is 28.3 Å². The summed E-state index contributed by atoms with van der Waals surface area (Å²) in [6.45, 7) is 2.18. The molecule has 2 aromatic carbocycles. The summed E-state index contributed by atoms with van der Waals surface area (Å²) in [6, 6.07) is 21.6. The third-order valence-electron chi connectivity index (χ3n) is 5.63. The molecule has 1 fully saturated rings. The predicted octanol–water partition coefficient (Wildman–Crippen LogP) is 5.01. The van der Waals surface area contributed by atoms with Crippen molar-refractivity contribution < 1.29 is 0 Å². The molecule has 4 nitrogen and oxygen atoms in total. The second kappa shape index (κ2) is 6.88. The fraction of sp³-hybridized carbons (Fsp3) is 0.217. The average Bonchev–Trinajstić information content (AvgIpc) is 3.18. The van der Waals surface area contributed by atoms with Gasteiger partial charge in [0.25, 0.3) is 0 Å². The van der Waals surface area contributed by atoms with E-state index >= 15 is 0 Å². The van der Waals surface area contributed by atoms with Crippen molar-refractivity contribution in [1.29, 1.82) is 0 Å². The van der Waals surface area contributed by atoms with Crippen molar-refractivity contribution in [3.05, 3.63) is 78.6 Å². The summed E-state index contributed by atoms with van der Waals surface area (Å²) in [5, 5.41) is 8.86. The molecular formula is C23H22N4. The number of nitrogens with zero attached hydrogens (tertiary/aromatic N) is 3. The second-order valence-corrected chi connectivity index (χ2v) is 7.21. The first-order valence-electron chi connectivity index (χ1n) is 9.57. The molecule has 1 saturated heterocycles. The van der Waals surface area contributed by atoms with Crippen LogP contribution in [0.3, 0.4) is 0 Å². The van der Waals surface area contributed by atoms with Crippen LogP contribution in [0.4, 0.5) is 5.69 Å². The van der Waals surface area contributed by atoms with Crippen LogP contribution in [0.25, 0.3) is 22.2 Å². The van der Waals surface area contributed by atoms with Gasteiger partial charge < -0.3 is 4.90 Å². The lowest BCUT2D eigenvalue weighted by molar-refractivity contribution is 0.505. The smallest absolute Gasteiger partial charge is 0.100 e. The normalized spacial score (nSPS) is 15.3. The third kappa shape index (κ3) is 3.08. The minimum absolute atomic E-state index is 0.674. The van der Waals surface area contributed by atoms with Gasteiger partial charge in [0.2, 0.25) is 0 Å². The van der Waals surface area contributed by atoms with Gasteiger partial charge in [-0.25, -0.2) is 0 Å². The van der Waals surface area contributed by atoms with Crippen molar-refractivity contribution in [1.82, 2.24) is 15.2 Å². The molecule has 0 radical (unpaired) electrons. The lowest BCUT2D eigenvalue weighted by Crippen LogP contribution is -2.32. The highest BCUT2D eigenvalue weighted by Crippen LogP contribution is 2.33. The molecule has 0 atom stereocenters. The van der Waals surface area contributed by atoms with Crippen molar-refractivity contribution in [2.75, 3.05) is 18.0 Å². The van der Waals surface area contributed by atoms with Crippen LogP contribution in [0.2, 0.25) is 0 Å². The number of rotatable bonds is 3. The lowest BCUT2D eigenvalue weighted by atomic mass is 9.89. The molecule has 1 N–H and O–H groups in total. The zero-order valence-electron chi connectivity index (χ0n) is 15.2. The van der Waals surface area contributed by atoms with Crippen LogP contribution >= 0.6 is 0 Å².